The fraction of sp³-hybridized carbons (Fsp3) is 0.294. The summed E-state index contributed by atoms with van der Waals surface area (Å²) in [5.74, 6) is 0.643. The molecule has 1 atom stereocenters. The first kappa shape index (κ1) is 15.8. The molecule has 0 heterocycles. The van der Waals surface area contributed by atoms with E-state index >= 15 is 0 Å². The van der Waals surface area contributed by atoms with E-state index in [0.29, 0.717) is 5.56 Å². The number of benzene rings is 2. The predicted octanol–water partition coefficient (Wildman–Crippen LogP) is 5.39. The summed E-state index contributed by atoms with van der Waals surface area (Å²) < 4.78 is 20.2. The minimum absolute atomic E-state index is 0.135. The molecular formula is C17H19BrFNO. The molecule has 0 spiro atoms. The number of methoxy groups -OCH3 is 1. The maximum absolute atomic E-state index is 14.0. The first-order valence-corrected chi connectivity index (χ1v) is 7.59. The van der Waals surface area contributed by atoms with Crippen LogP contribution in [0.1, 0.15) is 29.7 Å². The third-order valence-electron chi connectivity index (χ3n) is 3.61. The van der Waals surface area contributed by atoms with Crippen molar-refractivity contribution in [2.24, 2.45) is 0 Å². The van der Waals surface area contributed by atoms with E-state index in [9.17, 15) is 4.39 Å². The molecule has 2 rings (SSSR count). The van der Waals surface area contributed by atoms with Crippen molar-refractivity contribution in [2.45, 2.75) is 26.8 Å². The van der Waals surface area contributed by atoms with Gasteiger partial charge in [0.05, 0.1) is 13.2 Å². The molecule has 0 aromatic heterocycles. The zero-order chi connectivity index (χ0) is 15.6. The smallest absolute Gasteiger partial charge is 0.129 e. The number of rotatable bonds is 4. The number of halogens is 2. The van der Waals surface area contributed by atoms with E-state index in [2.05, 4.69) is 21.2 Å². The molecule has 112 valence electrons. The Morgan fingerprint density at radius 2 is 1.90 bits per heavy atom. The fourth-order valence-electron chi connectivity index (χ4n) is 2.46. The second kappa shape index (κ2) is 6.48. The average molecular weight is 352 g/mol. The van der Waals surface area contributed by atoms with E-state index in [4.69, 9.17) is 4.74 Å². The van der Waals surface area contributed by atoms with Crippen LogP contribution in [-0.2, 0) is 0 Å². The molecule has 0 fully saturated rings. The van der Waals surface area contributed by atoms with E-state index in [1.165, 1.54) is 6.07 Å². The zero-order valence-corrected chi connectivity index (χ0v) is 14.2. The van der Waals surface area contributed by atoms with Crippen LogP contribution in [0.2, 0.25) is 0 Å². The Kier molecular flexibility index (Phi) is 4.88. The Hall–Kier alpha value is -1.55. The molecule has 0 bridgehead atoms. The SMILES string of the molecule is COc1c(C)ccc(NC(C)c2ccc(Br)cc2F)c1C. The van der Waals surface area contributed by atoms with Gasteiger partial charge in [0.25, 0.3) is 0 Å². The van der Waals surface area contributed by atoms with Crippen molar-refractivity contribution in [3.05, 3.63) is 57.3 Å². The van der Waals surface area contributed by atoms with Crippen LogP contribution in [0.4, 0.5) is 10.1 Å². The summed E-state index contributed by atoms with van der Waals surface area (Å²) in [7, 11) is 1.66. The lowest BCUT2D eigenvalue weighted by Gasteiger charge is -2.20. The van der Waals surface area contributed by atoms with Crippen LogP contribution in [0.3, 0.4) is 0 Å². The van der Waals surface area contributed by atoms with Crippen LogP contribution in [0.5, 0.6) is 5.75 Å². The van der Waals surface area contributed by atoms with Crippen molar-refractivity contribution in [3.63, 3.8) is 0 Å². The van der Waals surface area contributed by atoms with Crippen molar-refractivity contribution in [2.75, 3.05) is 12.4 Å². The first-order chi connectivity index (χ1) is 9.93. The Morgan fingerprint density at radius 3 is 2.52 bits per heavy atom. The van der Waals surface area contributed by atoms with Crippen LogP contribution in [0, 0.1) is 19.7 Å². The lowest BCUT2D eigenvalue weighted by atomic mass is 10.0. The van der Waals surface area contributed by atoms with Gasteiger partial charge in [-0.15, -0.1) is 0 Å². The summed E-state index contributed by atoms with van der Waals surface area (Å²) in [5.41, 5.74) is 3.70. The largest absolute Gasteiger partial charge is 0.496 e. The summed E-state index contributed by atoms with van der Waals surface area (Å²) in [6, 6.07) is 8.98. The molecule has 1 N–H and O–H groups in total. The highest BCUT2D eigenvalue weighted by Crippen LogP contribution is 2.32. The number of hydrogen-bond acceptors (Lipinski definition) is 2. The third-order valence-corrected chi connectivity index (χ3v) is 4.10. The van der Waals surface area contributed by atoms with Crippen molar-refractivity contribution in [3.8, 4) is 5.75 Å². The van der Waals surface area contributed by atoms with E-state index in [0.717, 1.165) is 27.0 Å². The molecule has 0 radical (unpaired) electrons. The van der Waals surface area contributed by atoms with Crippen LogP contribution in [0.15, 0.2) is 34.8 Å². The van der Waals surface area contributed by atoms with Gasteiger partial charge in [-0.3, -0.25) is 0 Å². The van der Waals surface area contributed by atoms with Gasteiger partial charge in [-0.1, -0.05) is 28.1 Å². The highest BCUT2D eigenvalue weighted by Gasteiger charge is 2.14. The van der Waals surface area contributed by atoms with Crippen molar-refractivity contribution < 1.29 is 9.13 Å². The minimum Gasteiger partial charge on any atom is -0.496 e. The maximum atomic E-state index is 14.0. The Morgan fingerprint density at radius 1 is 1.19 bits per heavy atom. The van der Waals surface area contributed by atoms with E-state index in [1.54, 1.807) is 13.2 Å². The normalized spacial score (nSPS) is 12.1. The van der Waals surface area contributed by atoms with Gasteiger partial charge in [0, 0.05) is 21.3 Å². The second-order valence-corrected chi connectivity index (χ2v) is 6.04. The zero-order valence-electron chi connectivity index (χ0n) is 12.6. The van der Waals surface area contributed by atoms with Gasteiger partial charge in [-0.05, 0) is 44.5 Å². The molecule has 2 aromatic carbocycles. The molecule has 0 aliphatic carbocycles. The van der Waals surface area contributed by atoms with Crippen LogP contribution < -0.4 is 10.1 Å². The maximum Gasteiger partial charge on any atom is 0.129 e. The monoisotopic (exact) mass is 351 g/mol. The molecule has 21 heavy (non-hydrogen) atoms. The molecule has 0 saturated heterocycles. The predicted molar refractivity (Wildman–Crippen MR) is 88.6 cm³/mol. The number of anilines is 1. The third kappa shape index (κ3) is 3.38. The highest BCUT2D eigenvalue weighted by molar-refractivity contribution is 9.10. The Labute approximate surface area is 133 Å². The van der Waals surface area contributed by atoms with Crippen molar-refractivity contribution in [1.29, 1.82) is 0 Å². The molecule has 4 heteroatoms. The second-order valence-electron chi connectivity index (χ2n) is 5.12. The Bertz CT molecular complexity index is 657. The van der Waals surface area contributed by atoms with Gasteiger partial charge in [0.1, 0.15) is 11.6 Å². The molecule has 0 amide bonds. The first-order valence-electron chi connectivity index (χ1n) is 6.79. The lowest BCUT2D eigenvalue weighted by Crippen LogP contribution is -2.10. The van der Waals surface area contributed by atoms with Gasteiger partial charge in [-0.25, -0.2) is 4.39 Å². The van der Waals surface area contributed by atoms with E-state index < -0.39 is 0 Å². The molecule has 2 nitrogen and oxygen atoms in total. The quantitative estimate of drug-likeness (QED) is 0.797. The summed E-state index contributed by atoms with van der Waals surface area (Å²) >= 11 is 3.27. The summed E-state index contributed by atoms with van der Waals surface area (Å²) in [4.78, 5) is 0. The lowest BCUT2D eigenvalue weighted by molar-refractivity contribution is 0.409. The van der Waals surface area contributed by atoms with Gasteiger partial charge in [0.2, 0.25) is 0 Å². The summed E-state index contributed by atoms with van der Waals surface area (Å²) in [6.45, 7) is 5.95. The molecule has 0 aliphatic rings. The molecular weight excluding hydrogens is 333 g/mol. The van der Waals surface area contributed by atoms with Gasteiger partial charge >= 0.3 is 0 Å². The number of hydrogen-bond donors (Lipinski definition) is 1. The van der Waals surface area contributed by atoms with Crippen molar-refractivity contribution in [1.82, 2.24) is 0 Å². The standard InChI is InChI=1S/C17H19BrFNO/c1-10-5-8-16(11(2)17(10)21-4)20-12(3)14-7-6-13(18)9-15(14)19/h5-9,12,20H,1-4H3. The fourth-order valence-corrected chi connectivity index (χ4v) is 2.79. The molecule has 0 aliphatic heterocycles. The van der Waals surface area contributed by atoms with Crippen LogP contribution >= 0.6 is 15.9 Å². The molecule has 2 aromatic rings. The van der Waals surface area contributed by atoms with E-state index in [-0.39, 0.29) is 11.9 Å². The highest BCUT2D eigenvalue weighted by atomic mass is 79.9. The molecule has 1 unspecified atom stereocenters. The van der Waals surface area contributed by atoms with Crippen LogP contribution in [-0.4, -0.2) is 7.11 Å². The van der Waals surface area contributed by atoms with E-state index in [1.807, 2.05) is 39.0 Å². The van der Waals surface area contributed by atoms with Gasteiger partial charge in [0.15, 0.2) is 0 Å². The topological polar surface area (TPSA) is 21.3 Å². The number of ether oxygens (including phenoxy) is 1. The van der Waals surface area contributed by atoms with Crippen LogP contribution in [0.25, 0.3) is 0 Å². The summed E-state index contributed by atoms with van der Waals surface area (Å²) in [6.07, 6.45) is 0. The Balaban J connectivity index is 2.29. The average Bonchev–Trinajstić information content (AvgIpc) is 2.42. The minimum atomic E-state index is -0.221. The van der Waals surface area contributed by atoms with Crippen molar-refractivity contribution >= 4 is 21.6 Å². The van der Waals surface area contributed by atoms with Gasteiger partial charge < -0.3 is 10.1 Å². The summed E-state index contributed by atoms with van der Waals surface area (Å²) in [5, 5.41) is 3.35. The van der Waals surface area contributed by atoms with Gasteiger partial charge in [-0.2, -0.15) is 0 Å². The molecule has 0 saturated carbocycles. The number of aryl methyl sites for hydroxylation is 1. The number of nitrogens with one attached hydrogen (secondary N) is 1.